The van der Waals surface area contributed by atoms with Gasteiger partial charge in [0.1, 0.15) is 11.0 Å². The van der Waals surface area contributed by atoms with Gasteiger partial charge in [0.05, 0.1) is 18.3 Å². The number of likely N-dealkylation sites (tertiary alicyclic amines) is 1. The Kier molecular flexibility index (Phi) is 4.73. The first kappa shape index (κ1) is 23.9. The number of nitrogens with zero attached hydrogens (tertiary/aromatic N) is 3. The van der Waals surface area contributed by atoms with Gasteiger partial charge in [-0.1, -0.05) is 60.5 Å². The molecule has 0 radical (unpaired) electrons. The minimum atomic E-state index is -1.97. The average Bonchev–Trinajstić information content (AvgIpc) is 3.67. The molecule has 4 heterocycles. The third-order valence-corrected chi connectivity index (χ3v) is 8.95. The molecule has 2 amide bonds. The predicted octanol–water partition coefficient (Wildman–Crippen LogP) is 3.57. The Labute approximate surface area is 230 Å². The Morgan fingerprint density at radius 1 is 1.02 bits per heavy atom. The van der Waals surface area contributed by atoms with Crippen LogP contribution >= 0.6 is 0 Å². The van der Waals surface area contributed by atoms with Gasteiger partial charge >= 0.3 is 0 Å². The van der Waals surface area contributed by atoms with Gasteiger partial charge in [0, 0.05) is 40.5 Å². The van der Waals surface area contributed by atoms with Crippen LogP contribution in [0.1, 0.15) is 21.5 Å². The molecule has 8 heteroatoms. The van der Waals surface area contributed by atoms with Crippen LogP contribution in [0.25, 0.3) is 10.9 Å². The Bertz CT molecular complexity index is 1880. The number of aromatic nitrogens is 1. The van der Waals surface area contributed by atoms with E-state index in [1.807, 2.05) is 18.2 Å². The second-order valence-electron chi connectivity index (χ2n) is 10.5. The van der Waals surface area contributed by atoms with Crippen LogP contribution < -0.4 is 10.2 Å². The molecule has 3 aromatic carbocycles. The molecule has 3 atom stereocenters. The molecule has 0 saturated carbocycles. The third kappa shape index (κ3) is 2.39. The first-order valence-electron chi connectivity index (χ1n) is 12.9. The van der Waals surface area contributed by atoms with Crippen LogP contribution in [0, 0.1) is 29.1 Å². The molecule has 3 aliphatic heterocycles. The number of hydrogen-bond donors (Lipinski definition) is 2. The van der Waals surface area contributed by atoms with Gasteiger partial charge in [0.15, 0.2) is 11.2 Å². The summed E-state index contributed by atoms with van der Waals surface area (Å²) in [5.74, 6) is 1.03. The van der Waals surface area contributed by atoms with Gasteiger partial charge in [-0.15, -0.1) is 6.42 Å². The zero-order valence-electron chi connectivity index (χ0n) is 21.6. The summed E-state index contributed by atoms with van der Waals surface area (Å²) in [6.45, 7) is -0.186. The number of fused-ring (bicyclic) bond motifs is 6. The maximum Gasteiger partial charge on any atom is 0.254 e. The van der Waals surface area contributed by atoms with Crippen molar-refractivity contribution < 1.29 is 14.4 Å². The van der Waals surface area contributed by atoms with E-state index in [2.05, 4.69) is 22.3 Å². The number of carbonyl (C=O) groups is 3. The molecule has 2 N–H and O–H groups in total. The van der Waals surface area contributed by atoms with Gasteiger partial charge in [-0.25, -0.2) is 0 Å². The lowest BCUT2D eigenvalue weighted by molar-refractivity contribution is -0.138. The van der Waals surface area contributed by atoms with Crippen LogP contribution in [0.4, 0.5) is 11.4 Å². The molecule has 0 aliphatic carbocycles. The van der Waals surface area contributed by atoms with E-state index in [4.69, 9.17) is 6.42 Å². The first-order valence-corrected chi connectivity index (χ1v) is 12.9. The molecule has 2 spiro atoms. The van der Waals surface area contributed by atoms with Crippen LogP contribution in [0.2, 0.25) is 0 Å². The number of likely N-dealkylation sites (N-methyl/N-ethyl adjacent to an activating group) is 1. The van der Waals surface area contributed by atoms with Crippen molar-refractivity contribution in [3.05, 3.63) is 95.7 Å². The van der Waals surface area contributed by atoms with E-state index in [9.17, 15) is 19.6 Å². The Morgan fingerprint density at radius 2 is 1.73 bits per heavy atom. The molecule has 1 fully saturated rings. The summed E-state index contributed by atoms with van der Waals surface area (Å²) in [5, 5.41) is 14.7. The number of rotatable bonds is 3. The molecule has 8 nitrogen and oxygen atoms in total. The Morgan fingerprint density at radius 3 is 2.50 bits per heavy atom. The lowest BCUT2D eigenvalue weighted by atomic mass is 9.51. The minimum absolute atomic E-state index is 0.0271. The van der Waals surface area contributed by atoms with Gasteiger partial charge in [0.25, 0.3) is 5.91 Å². The van der Waals surface area contributed by atoms with Crippen molar-refractivity contribution in [3.63, 3.8) is 0 Å². The fraction of sp³-hybridized carbons (Fsp3) is 0.188. The molecular formula is C32H23N5O3. The number of ketones is 1. The summed E-state index contributed by atoms with van der Waals surface area (Å²) in [5.41, 5.74) is -2.60. The summed E-state index contributed by atoms with van der Waals surface area (Å²) in [6.07, 6.45) is 7.28. The van der Waals surface area contributed by atoms with E-state index >= 15 is 0 Å². The highest BCUT2D eigenvalue weighted by molar-refractivity contribution is 6.24. The van der Waals surface area contributed by atoms with Crippen LogP contribution in [0.15, 0.2) is 79.0 Å². The lowest BCUT2D eigenvalue weighted by Gasteiger charge is -2.45. The van der Waals surface area contributed by atoms with Crippen molar-refractivity contribution in [2.24, 2.45) is 5.41 Å². The molecule has 0 bridgehead atoms. The maximum absolute atomic E-state index is 14.9. The van der Waals surface area contributed by atoms with Crippen molar-refractivity contribution in [1.29, 1.82) is 5.26 Å². The quantitative estimate of drug-likeness (QED) is 0.314. The number of para-hydroxylation sites is 3. The summed E-state index contributed by atoms with van der Waals surface area (Å²) < 4.78 is 0. The van der Waals surface area contributed by atoms with E-state index < -0.39 is 34.0 Å². The van der Waals surface area contributed by atoms with Crippen molar-refractivity contribution in [2.75, 3.05) is 30.4 Å². The number of H-pyrrole nitrogens is 1. The van der Waals surface area contributed by atoms with Gasteiger partial charge in [-0.3, -0.25) is 24.2 Å². The SMILES string of the molecule is C#CCN1C(=O)[C@@]2(c3ccccc31)N(C)C[C@](C#N)(C(=O)c1c[nH]c3ccccc13)[C@]21C(=O)Nc2ccccc21. The summed E-state index contributed by atoms with van der Waals surface area (Å²) in [7, 11) is 1.70. The number of nitriles is 1. The predicted molar refractivity (Wildman–Crippen MR) is 149 cm³/mol. The monoisotopic (exact) mass is 525 g/mol. The highest BCUT2D eigenvalue weighted by atomic mass is 16.2. The van der Waals surface area contributed by atoms with Crippen LogP contribution in [0.3, 0.4) is 0 Å². The average molecular weight is 526 g/mol. The largest absolute Gasteiger partial charge is 0.360 e. The Hall–Kier alpha value is -5.18. The zero-order chi connectivity index (χ0) is 27.9. The standard InChI is InChI=1S/C32H23N5O3/c1-3-16-37-26-15-9-6-12-23(26)32(29(37)40)31(22-11-5-8-14-25(22)35-28(31)39)30(18-33,19-36(32)2)27(38)21-17-34-24-13-7-4-10-20(21)24/h1,4-15,17,34H,16,19H2,2H3,(H,35,39)/t30-,31+,32-/m1/s1. The summed E-state index contributed by atoms with van der Waals surface area (Å²) >= 11 is 0. The molecule has 0 unspecified atom stereocenters. The summed E-state index contributed by atoms with van der Waals surface area (Å²) in [6, 6.07) is 23.8. The van der Waals surface area contributed by atoms with E-state index in [1.165, 1.54) is 4.90 Å². The number of anilines is 2. The van der Waals surface area contributed by atoms with Crippen LogP contribution in [-0.2, 0) is 20.5 Å². The number of terminal acetylenes is 1. The number of carbonyl (C=O) groups excluding carboxylic acids is 3. The molecule has 1 saturated heterocycles. The number of benzene rings is 3. The van der Waals surface area contributed by atoms with Crippen LogP contribution in [-0.4, -0.2) is 47.6 Å². The molecule has 194 valence electrons. The van der Waals surface area contributed by atoms with Crippen molar-refractivity contribution in [3.8, 4) is 18.4 Å². The highest BCUT2D eigenvalue weighted by Crippen LogP contribution is 2.69. The molecule has 3 aliphatic rings. The molecule has 4 aromatic rings. The molecule has 7 rings (SSSR count). The fourth-order valence-corrected chi connectivity index (χ4v) is 7.54. The van der Waals surface area contributed by atoms with Crippen molar-refractivity contribution >= 4 is 39.9 Å². The van der Waals surface area contributed by atoms with Crippen molar-refractivity contribution in [1.82, 2.24) is 9.88 Å². The second-order valence-corrected chi connectivity index (χ2v) is 10.5. The molecular weight excluding hydrogens is 502 g/mol. The zero-order valence-corrected chi connectivity index (χ0v) is 21.6. The molecule has 1 aromatic heterocycles. The number of amides is 2. The number of nitrogens with one attached hydrogen (secondary N) is 2. The topological polar surface area (TPSA) is 109 Å². The first-order chi connectivity index (χ1) is 19.4. The van der Waals surface area contributed by atoms with Gasteiger partial charge in [-0.2, -0.15) is 5.26 Å². The van der Waals surface area contributed by atoms with Gasteiger partial charge in [0.2, 0.25) is 5.91 Å². The van der Waals surface area contributed by atoms with Gasteiger partial charge in [-0.05, 0) is 30.8 Å². The maximum atomic E-state index is 14.9. The van der Waals surface area contributed by atoms with E-state index in [1.54, 1.807) is 72.7 Å². The van der Waals surface area contributed by atoms with E-state index in [0.717, 1.165) is 5.52 Å². The third-order valence-electron chi connectivity index (χ3n) is 8.95. The normalized spacial score (nSPS) is 26.6. The summed E-state index contributed by atoms with van der Waals surface area (Å²) in [4.78, 5) is 50.7. The number of aromatic amines is 1. The van der Waals surface area contributed by atoms with Gasteiger partial charge < -0.3 is 10.3 Å². The van der Waals surface area contributed by atoms with E-state index in [-0.39, 0.29) is 13.1 Å². The number of Topliss-reactive ketones (excluding diaryl/α,β-unsaturated/α-hetero) is 1. The number of hydrogen-bond acceptors (Lipinski definition) is 5. The second kappa shape index (κ2) is 7.92. The van der Waals surface area contributed by atoms with E-state index in [0.29, 0.717) is 33.5 Å². The minimum Gasteiger partial charge on any atom is -0.360 e. The molecule has 40 heavy (non-hydrogen) atoms. The highest BCUT2D eigenvalue weighted by Gasteiger charge is 2.84. The Balaban J connectivity index is 1.62. The fourth-order valence-electron chi connectivity index (χ4n) is 7.54. The van der Waals surface area contributed by atoms with Crippen LogP contribution in [0.5, 0.6) is 0 Å². The van der Waals surface area contributed by atoms with Crippen molar-refractivity contribution in [2.45, 2.75) is 11.0 Å². The lowest BCUT2D eigenvalue weighted by Crippen LogP contribution is -2.65. The smallest absolute Gasteiger partial charge is 0.254 e.